The normalized spacial score (nSPS) is 28.6. The fourth-order valence-corrected chi connectivity index (χ4v) is 3.58. The van der Waals surface area contributed by atoms with Gasteiger partial charge in [0.05, 0.1) is 16.7 Å². The Balaban J connectivity index is 1.98. The number of amides is 1. The molecule has 1 heterocycles. The molecule has 4 nitrogen and oxygen atoms in total. The van der Waals surface area contributed by atoms with Gasteiger partial charge in [-0.3, -0.25) is 4.79 Å². The molecule has 1 N–H and O–H groups in total. The van der Waals surface area contributed by atoms with Crippen LogP contribution in [0.15, 0.2) is 12.1 Å². The van der Waals surface area contributed by atoms with Crippen molar-refractivity contribution >= 4 is 23.2 Å². The molecule has 1 saturated carbocycles. The number of hydrogen-bond acceptors (Lipinski definition) is 3. The van der Waals surface area contributed by atoms with Gasteiger partial charge in [0, 0.05) is 24.1 Å². The smallest absolute Gasteiger partial charge is 0.230 e. The van der Waals surface area contributed by atoms with Crippen molar-refractivity contribution < 1.29 is 9.90 Å². The van der Waals surface area contributed by atoms with Crippen LogP contribution in [0, 0.1) is 30.1 Å². The van der Waals surface area contributed by atoms with Crippen LogP contribution in [-0.4, -0.2) is 23.7 Å². The molecule has 0 spiro atoms. The number of aliphatic hydroxyl groups is 1. The predicted molar refractivity (Wildman–Crippen MR) is 75.5 cm³/mol. The average molecular weight is 291 g/mol. The average Bonchev–Trinajstić information content (AvgIpc) is 2.95. The summed E-state index contributed by atoms with van der Waals surface area (Å²) in [5.41, 5.74) is 1.91. The van der Waals surface area contributed by atoms with Crippen molar-refractivity contribution in [2.75, 3.05) is 11.4 Å². The molecule has 0 radical (unpaired) electrons. The van der Waals surface area contributed by atoms with Gasteiger partial charge >= 0.3 is 0 Å². The quantitative estimate of drug-likeness (QED) is 0.863. The van der Waals surface area contributed by atoms with E-state index in [4.69, 9.17) is 16.9 Å². The lowest BCUT2D eigenvalue weighted by Gasteiger charge is -2.21. The molecule has 20 heavy (non-hydrogen) atoms. The molecule has 2 fully saturated rings. The molecule has 1 aromatic rings. The minimum atomic E-state index is -0.386. The Morgan fingerprint density at radius 1 is 1.45 bits per heavy atom. The maximum atomic E-state index is 12.5. The Hall–Kier alpha value is -1.57. The molecule has 1 saturated heterocycles. The van der Waals surface area contributed by atoms with Crippen molar-refractivity contribution in [3.63, 3.8) is 0 Å². The second kappa shape index (κ2) is 4.76. The Morgan fingerprint density at radius 3 is 2.85 bits per heavy atom. The van der Waals surface area contributed by atoms with E-state index >= 15 is 0 Å². The van der Waals surface area contributed by atoms with Crippen LogP contribution in [0.5, 0.6) is 0 Å². The van der Waals surface area contributed by atoms with Crippen LogP contribution in [0.2, 0.25) is 5.02 Å². The summed E-state index contributed by atoms with van der Waals surface area (Å²) in [6.45, 7) is 2.35. The molecule has 0 unspecified atom stereocenters. The van der Waals surface area contributed by atoms with Crippen LogP contribution in [0.1, 0.15) is 24.0 Å². The standard InChI is InChI=1S/C15H15ClN2O2/c1-8-12(4-2-9(6-17)14(8)16)18-7-11-10(15(18)20)3-5-13(11)19/h2,4,10-11,13,19H,3,5,7H2,1H3/t10-,11-,13+/m1/s1. The second-order valence-corrected chi connectivity index (χ2v) is 5.92. The SMILES string of the molecule is Cc1c(N2C[C@H]3[C@@H](O)CC[C@H]3C2=O)ccc(C#N)c1Cl. The summed E-state index contributed by atoms with van der Waals surface area (Å²) >= 11 is 6.16. The molecule has 3 rings (SSSR count). The Morgan fingerprint density at radius 2 is 2.20 bits per heavy atom. The zero-order chi connectivity index (χ0) is 14.4. The van der Waals surface area contributed by atoms with E-state index in [2.05, 4.69) is 0 Å². The van der Waals surface area contributed by atoms with Gasteiger partial charge in [-0.1, -0.05) is 11.6 Å². The van der Waals surface area contributed by atoms with E-state index in [1.165, 1.54) is 0 Å². The van der Waals surface area contributed by atoms with E-state index in [1.807, 2.05) is 13.0 Å². The van der Waals surface area contributed by atoms with E-state index in [1.54, 1.807) is 17.0 Å². The number of carbonyl (C=O) groups excluding carboxylic acids is 1. The van der Waals surface area contributed by atoms with Crippen molar-refractivity contribution in [2.45, 2.75) is 25.9 Å². The first-order chi connectivity index (χ1) is 9.54. The summed E-state index contributed by atoms with van der Waals surface area (Å²) in [4.78, 5) is 14.2. The molecule has 1 amide bonds. The minimum absolute atomic E-state index is 0.0244. The van der Waals surface area contributed by atoms with Crippen LogP contribution in [0.4, 0.5) is 5.69 Å². The number of anilines is 1. The number of aliphatic hydroxyl groups excluding tert-OH is 1. The Kier molecular flexibility index (Phi) is 3.19. The zero-order valence-electron chi connectivity index (χ0n) is 11.1. The van der Waals surface area contributed by atoms with Crippen LogP contribution >= 0.6 is 11.6 Å². The van der Waals surface area contributed by atoms with Crippen molar-refractivity contribution in [3.8, 4) is 6.07 Å². The van der Waals surface area contributed by atoms with E-state index in [-0.39, 0.29) is 23.8 Å². The summed E-state index contributed by atoms with van der Waals surface area (Å²) in [7, 11) is 0. The van der Waals surface area contributed by atoms with Crippen LogP contribution in [-0.2, 0) is 4.79 Å². The number of carbonyl (C=O) groups is 1. The topological polar surface area (TPSA) is 64.3 Å². The fraction of sp³-hybridized carbons (Fsp3) is 0.467. The minimum Gasteiger partial charge on any atom is -0.393 e. The summed E-state index contributed by atoms with van der Waals surface area (Å²) in [5, 5.41) is 19.3. The molecule has 1 aromatic carbocycles. The lowest BCUT2D eigenvalue weighted by molar-refractivity contribution is -0.120. The third kappa shape index (κ3) is 1.81. The molecule has 1 aliphatic carbocycles. The van der Waals surface area contributed by atoms with E-state index in [0.29, 0.717) is 23.6 Å². The largest absolute Gasteiger partial charge is 0.393 e. The molecular weight excluding hydrogens is 276 g/mol. The zero-order valence-corrected chi connectivity index (χ0v) is 11.9. The predicted octanol–water partition coefficient (Wildman–Crippen LogP) is 2.25. The number of benzene rings is 1. The Labute approximate surface area is 122 Å². The highest BCUT2D eigenvalue weighted by Crippen LogP contribution is 2.42. The number of nitrogens with zero attached hydrogens (tertiary/aromatic N) is 2. The van der Waals surface area contributed by atoms with Crippen molar-refractivity contribution in [1.29, 1.82) is 5.26 Å². The van der Waals surface area contributed by atoms with Crippen molar-refractivity contribution in [1.82, 2.24) is 0 Å². The second-order valence-electron chi connectivity index (χ2n) is 5.55. The van der Waals surface area contributed by atoms with Gasteiger partial charge in [-0.05, 0) is 37.5 Å². The molecule has 0 aromatic heterocycles. The molecule has 1 aliphatic heterocycles. The first-order valence-corrected chi connectivity index (χ1v) is 7.11. The molecule has 5 heteroatoms. The van der Waals surface area contributed by atoms with Crippen LogP contribution in [0.3, 0.4) is 0 Å². The van der Waals surface area contributed by atoms with Gasteiger partial charge < -0.3 is 10.0 Å². The number of nitriles is 1. The molecule has 3 atom stereocenters. The number of hydrogen-bond donors (Lipinski definition) is 1. The van der Waals surface area contributed by atoms with Gasteiger partial charge in [0.2, 0.25) is 5.91 Å². The van der Waals surface area contributed by atoms with Gasteiger partial charge in [-0.15, -0.1) is 0 Å². The van der Waals surface area contributed by atoms with E-state index < -0.39 is 0 Å². The molecule has 104 valence electrons. The van der Waals surface area contributed by atoms with Gasteiger partial charge in [-0.25, -0.2) is 0 Å². The lowest BCUT2D eigenvalue weighted by Crippen LogP contribution is -2.28. The highest BCUT2D eigenvalue weighted by molar-refractivity contribution is 6.33. The van der Waals surface area contributed by atoms with Gasteiger partial charge in [0.15, 0.2) is 0 Å². The third-order valence-corrected chi connectivity index (χ3v) is 5.02. The summed E-state index contributed by atoms with van der Waals surface area (Å²) in [6, 6.07) is 5.45. The van der Waals surface area contributed by atoms with E-state index in [0.717, 1.165) is 17.7 Å². The van der Waals surface area contributed by atoms with Gasteiger partial charge in [-0.2, -0.15) is 5.26 Å². The number of halogens is 1. The lowest BCUT2D eigenvalue weighted by atomic mass is 9.99. The molecule has 0 bridgehead atoms. The maximum absolute atomic E-state index is 12.5. The van der Waals surface area contributed by atoms with Crippen LogP contribution in [0.25, 0.3) is 0 Å². The monoisotopic (exact) mass is 290 g/mol. The summed E-state index contributed by atoms with van der Waals surface area (Å²) in [6.07, 6.45) is 1.08. The summed E-state index contributed by atoms with van der Waals surface area (Å²) in [5.74, 6) is 0.0190. The van der Waals surface area contributed by atoms with Crippen molar-refractivity contribution in [3.05, 3.63) is 28.3 Å². The highest BCUT2D eigenvalue weighted by atomic mass is 35.5. The fourth-order valence-electron chi connectivity index (χ4n) is 3.37. The van der Waals surface area contributed by atoms with E-state index in [9.17, 15) is 9.90 Å². The highest BCUT2D eigenvalue weighted by Gasteiger charge is 2.48. The van der Waals surface area contributed by atoms with Crippen molar-refractivity contribution in [2.24, 2.45) is 11.8 Å². The number of rotatable bonds is 1. The third-order valence-electron chi connectivity index (χ3n) is 4.53. The molecule has 2 aliphatic rings. The first kappa shape index (κ1) is 13.4. The first-order valence-electron chi connectivity index (χ1n) is 6.73. The number of fused-ring (bicyclic) bond motifs is 1. The van der Waals surface area contributed by atoms with Gasteiger partial charge in [0.25, 0.3) is 0 Å². The molecular formula is C15H15ClN2O2. The van der Waals surface area contributed by atoms with Gasteiger partial charge in [0.1, 0.15) is 6.07 Å². The van der Waals surface area contributed by atoms with Crippen LogP contribution < -0.4 is 4.90 Å². The summed E-state index contributed by atoms with van der Waals surface area (Å²) < 4.78 is 0. The Bertz CT molecular complexity index is 623. The maximum Gasteiger partial charge on any atom is 0.230 e.